The second-order valence-corrected chi connectivity index (χ2v) is 5.18. The van der Waals surface area contributed by atoms with E-state index in [0.717, 1.165) is 0 Å². The van der Waals surface area contributed by atoms with Gasteiger partial charge in [0.25, 0.3) is 11.8 Å². The Morgan fingerprint density at radius 3 is 2.50 bits per heavy atom. The van der Waals surface area contributed by atoms with Gasteiger partial charge in [-0.3, -0.25) is 9.59 Å². The van der Waals surface area contributed by atoms with Crippen molar-refractivity contribution in [2.75, 3.05) is 0 Å². The number of nitrogens with zero attached hydrogens (tertiary/aromatic N) is 1. The molecule has 0 atom stereocenters. The number of benzene rings is 1. The highest BCUT2D eigenvalue weighted by molar-refractivity contribution is 14.1. The van der Waals surface area contributed by atoms with Crippen LogP contribution >= 0.6 is 34.2 Å². The lowest BCUT2D eigenvalue weighted by Gasteiger charge is -2.13. The maximum Gasteiger partial charge on any atom is 0.365 e. The number of carbonyl (C=O) groups excluding carboxylic acids is 3. The van der Waals surface area contributed by atoms with Crippen molar-refractivity contribution < 1.29 is 19.2 Å². The number of amides is 2. The highest BCUT2D eigenvalue weighted by atomic mass is 127. The minimum Gasteiger partial charge on any atom is -0.325 e. The van der Waals surface area contributed by atoms with Crippen LogP contribution in [0.25, 0.3) is 0 Å². The molecule has 2 rings (SSSR count). The normalized spacial score (nSPS) is 15.1. The summed E-state index contributed by atoms with van der Waals surface area (Å²) in [5.74, 6) is -1.79. The molecule has 0 spiro atoms. The van der Waals surface area contributed by atoms with Crippen molar-refractivity contribution in [3.63, 3.8) is 0 Å². The van der Waals surface area contributed by atoms with E-state index in [1.54, 1.807) is 12.1 Å². The van der Waals surface area contributed by atoms with Crippen LogP contribution in [0.1, 0.15) is 23.2 Å². The van der Waals surface area contributed by atoms with Crippen LogP contribution in [0.4, 0.5) is 0 Å². The molecule has 0 aliphatic carbocycles. The van der Waals surface area contributed by atoms with Crippen molar-refractivity contribution in [3.05, 3.63) is 32.4 Å². The maximum absolute atomic E-state index is 11.8. The zero-order chi connectivity index (χ0) is 13.3. The van der Waals surface area contributed by atoms with Crippen LogP contribution in [0.15, 0.2) is 18.2 Å². The summed E-state index contributed by atoms with van der Waals surface area (Å²) in [4.78, 5) is 39.2. The summed E-state index contributed by atoms with van der Waals surface area (Å²) in [5, 5.41) is 0.890. The summed E-state index contributed by atoms with van der Waals surface area (Å²) in [6, 6.07) is 4.70. The lowest BCUT2D eigenvalue weighted by molar-refractivity contribution is -0.172. The van der Waals surface area contributed by atoms with Gasteiger partial charge in [-0.05, 0) is 40.8 Å². The van der Waals surface area contributed by atoms with Crippen LogP contribution in [-0.4, -0.2) is 22.8 Å². The van der Waals surface area contributed by atoms with Gasteiger partial charge in [0, 0.05) is 21.4 Å². The van der Waals surface area contributed by atoms with Crippen molar-refractivity contribution in [3.8, 4) is 0 Å². The van der Waals surface area contributed by atoms with Gasteiger partial charge in [0.1, 0.15) is 0 Å². The number of halogens is 2. The Balaban J connectivity index is 2.19. The van der Waals surface area contributed by atoms with Crippen molar-refractivity contribution in [2.24, 2.45) is 0 Å². The molecule has 0 N–H and O–H groups in total. The minimum atomic E-state index is -0.773. The van der Waals surface area contributed by atoms with Crippen molar-refractivity contribution in [2.45, 2.75) is 12.8 Å². The van der Waals surface area contributed by atoms with Gasteiger partial charge < -0.3 is 4.84 Å². The zero-order valence-electron chi connectivity index (χ0n) is 8.98. The van der Waals surface area contributed by atoms with E-state index in [4.69, 9.17) is 16.4 Å². The summed E-state index contributed by atoms with van der Waals surface area (Å²) in [5.41, 5.74) is 0.218. The summed E-state index contributed by atoms with van der Waals surface area (Å²) in [7, 11) is 0. The van der Waals surface area contributed by atoms with Gasteiger partial charge in [0.2, 0.25) is 0 Å². The predicted octanol–water partition coefficient (Wildman–Crippen LogP) is 2.17. The minimum absolute atomic E-state index is 0.0682. The second-order valence-electron chi connectivity index (χ2n) is 3.58. The molecule has 18 heavy (non-hydrogen) atoms. The molecule has 1 aliphatic rings. The molecule has 1 fully saturated rings. The predicted molar refractivity (Wildman–Crippen MR) is 70.7 cm³/mol. The first-order valence-electron chi connectivity index (χ1n) is 5.02. The molecule has 2 amide bonds. The van der Waals surface area contributed by atoms with Gasteiger partial charge in [0.15, 0.2) is 0 Å². The van der Waals surface area contributed by atoms with Gasteiger partial charge in [-0.15, -0.1) is 5.06 Å². The maximum atomic E-state index is 11.8. The number of carbonyl (C=O) groups is 3. The average molecular weight is 380 g/mol. The van der Waals surface area contributed by atoms with Crippen LogP contribution in [0.2, 0.25) is 5.02 Å². The Morgan fingerprint density at radius 1 is 1.28 bits per heavy atom. The van der Waals surface area contributed by atoms with Gasteiger partial charge in [-0.1, -0.05) is 11.6 Å². The Bertz CT molecular complexity index is 530. The van der Waals surface area contributed by atoms with Gasteiger partial charge in [-0.25, -0.2) is 4.79 Å². The fourth-order valence-electron chi connectivity index (χ4n) is 1.44. The Hall–Kier alpha value is -1.15. The van der Waals surface area contributed by atoms with Gasteiger partial charge in [-0.2, -0.15) is 0 Å². The molecule has 1 aliphatic heterocycles. The third kappa shape index (κ3) is 2.64. The number of hydrogen-bond donors (Lipinski definition) is 0. The van der Waals surface area contributed by atoms with E-state index in [2.05, 4.69) is 0 Å². The molecular weight excluding hydrogens is 372 g/mol. The lowest BCUT2D eigenvalue weighted by atomic mass is 10.2. The largest absolute Gasteiger partial charge is 0.365 e. The molecule has 1 heterocycles. The topological polar surface area (TPSA) is 63.7 Å². The Kier molecular flexibility index (Phi) is 3.86. The van der Waals surface area contributed by atoms with Crippen LogP contribution in [0.3, 0.4) is 0 Å². The summed E-state index contributed by atoms with van der Waals surface area (Å²) in [6.07, 6.45) is 0.136. The highest BCUT2D eigenvalue weighted by Crippen LogP contribution is 2.20. The molecule has 0 saturated carbocycles. The van der Waals surface area contributed by atoms with Crippen molar-refractivity contribution in [1.82, 2.24) is 5.06 Å². The molecule has 1 aromatic carbocycles. The standard InChI is InChI=1S/C11H7ClINO4/c12-6-1-2-8(13)7(5-6)11(17)18-14-9(15)3-4-10(14)16/h1-2,5H,3-4H2. The van der Waals surface area contributed by atoms with Gasteiger partial charge >= 0.3 is 5.97 Å². The van der Waals surface area contributed by atoms with Crippen LogP contribution in [0.5, 0.6) is 0 Å². The SMILES string of the molecule is O=C(ON1C(=O)CCC1=O)c1cc(Cl)ccc1I. The average Bonchev–Trinajstić information content (AvgIpc) is 2.64. The molecule has 0 bridgehead atoms. The molecule has 0 radical (unpaired) electrons. The van der Waals surface area contributed by atoms with Crippen molar-refractivity contribution >= 4 is 52.0 Å². The smallest absolute Gasteiger partial charge is 0.325 e. The van der Waals surface area contributed by atoms with E-state index in [1.807, 2.05) is 22.6 Å². The van der Waals surface area contributed by atoms with E-state index < -0.39 is 17.8 Å². The monoisotopic (exact) mass is 379 g/mol. The van der Waals surface area contributed by atoms with Crippen LogP contribution in [-0.2, 0) is 14.4 Å². The first kappa shape index (κ1) is 13.3. The van der Waals surface area contributed by atoms with E-state index in [-0.39, 0.29) is 18.4 Å². The summed E-state index contributed by atoms with van der Waals surface area (Å²) >= 11 is 7.72. The number of rotatable bonds is 2. The Morgan fingerprint density at radius 2 is 1.89 bits per heavy atom. The molecule has 1 saturated heterocycles. The Labute approximate surface area is 121 Å². The van der Waals surface area contributed by atoms with Gasteiger partial charge in [0.05, 0.1) is 5.56 Å². The third-order valence-electron chi connectivity index (χ3n) is 2.33. The molecule has 7 heteroatoms. The summed E-state index contributed by atoms with van der Waals surface area (Å²) < 4.78 is 0.626. The first-order chi connectivity index (χ1) is 8.49. The second kappa shape index (κ2) is 5.23. The molecule has 1 aromatic rings. The molecular formula is C11H7ClINO4. The number of hydroxylamine groups is 2. The quantitative estimate of drug-likeness (QED) is 0.584. The zero-order valence-corrected chi connectivity index (χ0v) is 11.9. The highest BCUT2D eigenvalue weighted by Gasteiger charge is 2.33. The fourth-order valence-corrected chi connectivity index (χ4v) is 2.17. The van der Waals surface area contributed by atoms with Crippen LogP contribution in [0, 0.1) is 3.57 Å². The van der Waals surface area contributed by atoms with E-state index in [0.29, 0.717) is 13.7 Å². The summed E-state index contributed by atoms with van der Waals surface area (Å²) in [6.45, 7) is 0. The first-order valence-corrected chi connectivity index (χ1v) is 6.48. The molecule has 5 nitrogen and oxygen atoms in total. The van der Waals surface area contributed by atoms with Crippen molar-refractivity contribution in [1.29, 1.82) is 0 Å². The van der Waals surface area contributed by atoms with Crippen LogP contribution < -0.4 is 0 Å². The number of hydrogen-bond acceptors (Lipinski definition) is 4. The van der Waals surface area contributed by atoms with E-state index >= 15 is 0 Å². The molecule has 0 aromatic heterocycles. The fraction of sp³-hybridized carbons (Fsp3) is 0.182. The molecule has 0 unspecified atom stereocenters. The molecule has 94 valence electrons. The third-order valence-corrected chi connectivity index (χ3v) is 3.50. The van der Waals surface area contributed by atoms with E-state index in [9.17, 15) is 14.4 Å². The number of imide groups is 1. The lowest BCUT2D eigenvalue weighted by Crippen LogP contribution is -2.32. The van der Waals surface area contributed by atoms with E-state index in [1.165, 1.54) is 6.07 Å².